The van der Waals surface area contributed by atoms with Gasteiger partial charge in [-0.05, 0) is 22.6 Å². The fourth-order valence-electron chi connectivity index (χ4n) is 3.29. The summed E-state index contributed by atoms with van der Waals surface area (Å²) in [5.41, 5.74) is 2.91. The van der Waals surface area contributed by atoms with Gasteiger partial charge in [0.2, 0.25) is 0 Å². The SMILES string of the molecule is COc1cc(Cl)c2[nH]c(=O)c3sccc3c2c1-c1ccc(CNC(=O)O)cc1. The fourth-order valence-corrected chi connectivity index (χ4v) is 4.32. The standard InChI is InChI=1S/C20H15ClN2O4S/c1-27-14-8-13(21)17-16(12-6-7-28-18(12)19(24)23-17)15(14)11-4-2-10(3-5-11)9-22-20(25)26/h2-8,22H,9H2,1H3,(H,23,24)(H,25,26). The quantitative estimate of drug-likeness (QED) is 0.445. The Kier molecular flexibility index (Phi) is 4.70. The molecule has 0 unspecified atom stereocenters. The highest BCUT2D eigenvalue weighted by atomic mass is 35.5. The van der Waals surface area contributed by atoms with Crippen LogP contribution in [0.25, 0.3) is 32.1 Å². The van der Waals surface area contributed by atoms with E-state index in [1.807, 2.05) is 35.7 Å². The Hall–Kier alpha value is -3.03. The number of H-pyrrole nitrogens is 1. The molecule has 142 valence electrons. The third kappa shape index (κ3) is 3.08. The zero-order chi connectivity index (χ0) is 19.8. The van der Waals surface area contributed by atoms with E-state index in [0.717, 1.165) is 27.5 Å². The van der Waals surface area contributed by atoms with Crippen LogP contribution in [0.2, 0.25) is 5.02 Å². The van der Waals surface area contributed by atoms with Crippen LogP contribution in [0.4, 0.5) is 4.79 Å². The minimum Gasteiger partial charge on any atom is -0.496 e. The van der Waals surface area contributed by atoms with Crippen LogP contribution < -0.4 is 15.6 Å². The second-order valence-corrected chi connectivity index (χ2v) is 7.48. The van der Waals surface area contributed by atoms with E-state index in [1.54, 1.807) is 13.2 Å². The van der Waals surface area contributed by atoms with Gasteiger partial charge in [-0.15, -0.1) is 11.3 Å². The van der Waals surface area contributed by atoms with Crippen LogP contribution in [0.5, 0.6) is 5.75 Å². The maximum Gasteiger partial charge on any atom is 0.404 e. The Morgan fingerprint density at radius 2 is 2.04 bits per heavy atom. The predicted octanol–water partition coefficient (Wildman–Crippen LogP) is 4.84. The van der Waals surface area contributed by atoms with Crippen LogP contribution in [0.3, 0.4) is 0 Å². The maximum absolute atomic E-state index is 12.4. The molecule has 0 saturated carbocycles. The number of pyridine rings is 1. The number of hydrogen-bond acceptors (Lipinski definition) is 4. The first-order valence-electron chi connectivity index (χ1n) is 8.35. The van der Waals surface area contributed by atoms with Crippen LogP contribution in [0, 0.1) is 0 Å². The molecule has 28 heavy (non-hydrogen) atoms. The van der Waals surface area contributed by atoms with Crippen molar-refractivity contribution in [3.8, 4) is 16.9 Å². The molecule has 0 atom stereocenters. The molecular weight excluding hydrogens is 400 g/mol. The van der Waals surface area contributed by atoms with E-state index in [1.165, 1.54) is 11.3 Å². The van der Waals surface area contributed by atoms with Crippen molar-refractivity contribution >= 4 is 50.0 Å². The average Bonchev–Trinajstić information content (AvgIpc) is 3.18. The number of rotatable bonds is 4. The Morgan fingerprint density at radius 1 is 1.29 bits per heavy atom. The van der Waals surface area contributed by atoms with Crippen LogP contribution in [-0.4, -0.2) is 23.3 Å². The number of methoxy groups -OCH3 is 1. The minimum absolute atomic E-state index is 0.175. The van der Waals surface area contributed by atoms with E-state index < -0.39 is 6.09 Å². The van der Waals surface area contributed by atoms with Gasteiger partial charge in [-0.2, -0.15) is 0 Å². The number of amides is 1. The minimum atomic E-state index is -1.07. The highest BCUT2D eigenvalue weighted by Gasteiger charge is 2.19. The molecule has 4 aromatic rings. The lowest BCUT2D eigenvalue weighted by molar-refractivity contribution is 0.194. The van der Waals surface area contributed by atoms with Gasteiger partial charge in [-0.25, -0.2) is 4.79 Å². The molecular formula is C20H15ClN2O4S. The molecule has 0 fully saturated rings. The highest BCUT2D eigenvalue weighted by Crippen LogP contribution is 2.43. The maximum atomic E-state index is 12.4. The van der Waals surface area contributed by atoms with Crippen molar-refractivity contribution in [2.24, 2.45) is 0 Å². The van der Waals surface area contributed by atoms with Crippen LogP contribution in [-0.2, 0) is 6.54 Å². The first kappa shape index (κ1) is 18.3. The van der Waals surface area contributed by atoms with Crippen LogP contribution in [0.1, 0.15) is 5.56 Å². The van der Waals surface area contributed by atoms with Crippen molar-refractivity contribution in [1.29, 1.82) is 0 Å². The van der Waals surface area contributed by atoms with E-state index in [-0.39, 0.29) is 12.1 Å². The predicted molar refractivity (Wildman–Crippen MR) is 112 cm³/mol. The monoisotopic (exact) mass is 414 g/mol. The van der Waals surface area contributed by atoms with Crippen molar-refractivity contribution < 1.29 is 14.6 Å². The van der Waals surface area contributed by atoms with Crippen LogP contribution in [0.15, 0.2) is 46.6 Å². The molecule has 4 rings (SSSR count). The first-order valence-corrected chi connectivity index (χ1v) is 9.61. The first-order chi connectivity index (χ1) is 13.5. The summed E-state index contributed by atoms with van der Waals surface area (Å²) >= 11 is 7.80. The Bertz CT molecular complexity index is 1260. The van der Waals surface area contributed by atoms with E-state index in [0.29, 0.717) is 21.0 Å². The molecule has 8 heteroatoms. The number of fused-ring (bicyclic) bond motifs is 3. The lowest BCUT2D eigenvalue weighted by Crippen LogP contribution is -2.19. The molecule has 2 heterocycles. The summed E-state index contributed by atoms with van der Waals surface area (Å²) in [5.74, 6) is 0.591. The number of hydrogen-bond donors (Lipinski definition) is 3. The van der Waals surface area contributed by atoms with Gasteiger partial charge in [0.25, 0.3) is 5.56 Å². The summed E-state index contributed by atoms with van der Waals surface area (Å²) < 4.78 is 6.22. The molecule has 0 aliphatic rings. The van der Waals surface area contributed by atoms with Gasteiger partial charge >= 0.3 is 6.09 Å². The van der Waals surface area contributed by atoms with Gasteiger partial charge in [-0.3, -0.25) is 4.79 Å². The highest BCUT2D eigenvalue weighted by molar-refractivity contribution is 7.17. The van der Waals surface area contributed by atoms with Gasteiger partial charge in [0, 0.05) is 28.9 Å². The molecule has 1 amide bonds. The number of carbonyl (C=O) groups is 1. The third-order valence-electron chi connectivity index (χ3n) is 4.53. The smallest absolute Gasteiger partial charge is 0.404 e. The van der Waals surface area contributed by atoms with Crippen LogP contribution >= 0.6 is 22.9 Å². The zero-order valence-electron chi connectivity index (χ0n) is 14.7. The molecule has 6 nitrogen and oxygen atoms in total. The van der Waals surface area contributed by atoms with Crippen molar-refractivity contribution in [2.75, 3.05) is 7.11 Å². The lowest BCUT2D eigenvalue weighted by atomic mass is 9.96. The normalized spacial score (nSPS) is 11.1. The largest absolute Gasteiger partial charge is 0.496 e. The van der Waals surface area contributed by atoms with Crippen molar-refractivity contribution in [1.82, 2.24) is 10.3 Å². The van der Waals surface area contributed by atoms with E-state index in [9.17, 15) is 9.59 Å². The molecule has 0 radical (unpaired) electrons. The number of halogens is 1. The summed E-state index contributed by atoms with van der Waals surface area (Å²) in [6, 6.07) is 11.1. The number of thiophene rings is 1. The van der Waals surface area contributed by atoms with Crippen molar-refractivity contribution in [3.05, 3.63) is 62.7 Å². The Morgan fingerprint density at radius 3 is 2.71 bits per heavy atom. The molecule has 3 N–H and O–H groups in total. The number of aromatic nitrogens is 1. The van der Waals surface area contributed by atoms with Gasteiger partial charge in [0.1, 0.15) is 10.4 Å². The van der Waals surface area contributed by atoms with Gasteiger partial charge in [-0.1, -0.05) is 35.9 Å². The summed E-state index contributed by atoms with van der Waals surface area (Å²) in [6.07, 6.45) is -1.07. The molecule has 2 aromatic carbocycles. The number of benzene rings is 2. The second-order valence-electron chi connectivity index (χ2n) is 6.16. The van der Waals surface area contributed by atoms with E-state index in [2.05, 4.69) is 10.3 Å². The Labute approximate surface area is 168 Å². The van der Waals surface area contributed by atoms with E-state index in [4.69, 9.17) is 21.4 Å². The molecule has 0 spiro atoms. The Balaban J connectivity index is 1.97. The van der Waals surface area contributed by atoms with Crippen molar-refractivity contribution in [3.63, 3.8) is 0 Å². The molecule has 0 bridgehead atoms. The van der Waals surface area contributed by atoms with Crippen molar-refractivity contribution in [2.45, 2.75) is 6.54 Å². The van der Waals surface area contributed by atoms with E-state index >= 15 is 0 Å². The number of nitrogens with one attached hydrogen (secondary N) is 2. The topological polar surface area (TPSA) is 91.4 Å². The number of ether oxygens (including phenoxy) is 1. The second kappa shape index (κ2) is 7.18. The molecule has 0 saturated heterocycles. The summed E-state index contributed by atoms with van der Waals surface area (Å²) in [6.45, 7) is 0.218. The zero-order valence-corrected chi connectivity index (χ0v) is 16.3. The lowest BCUT2D eigenvalue weighted by Gasteiger charge is -2.15. The van der Waals surface area contributed by atoms with Gasteiger partial charge in [0.05, 0.1) is 17.6 Å². The number of aromatic amines is 1. The summed E-state index contributed by atoms with van der Waals surface area (Å²) in [4.78, 5) is 26.0. The number of carboxylic acid groups (broad SMARTS) is 1. The molecule has 2 aromatic heterocycles. The third-order valence-corrected chi connectivity index (χ3v) is 5.74. The fraction of sp³-hybridized carbons (Fsp3) is 0.100. The summed E-state index contributed by atoms with van der Waals surface area (Å²) in [7, 11) is 1.57. The molecule has 0 aliphatic carbocycles. The molecule has 0 aliphatic heterocycles. The summed E-state index contributed by atoms with van der Waals surface area (Å²) in [5, 5.41) is 15.0. The average molecular weight is 415 g/mol. The van der Waals surface area contributed by atoms with Gasteiger partial charge in [0.15, 0.2) is 0 Å². The van der Waals surface area contributed by atoms with Gasteiger partial charge < -0.3 is 20.1 Å².